The molecule has 3 aromatic rings. The van der Waals surface area contributed by atoms with E-state index in [-0.39, 0.29) is 30.6 Å². The maximum absolute atomic E-state index is 13.7. The van der Waals surface area contributed by atoms with Crippen LogP contribution in [0.2, 0.25) is 0 Å². The van der Waals surface area contributed by atoms with Crippen molar-refractivity contribution in [2.75, 3.05) is 32.1 Å². The lowest BCUT2D eigenvalue weighted by Gasteiger charge is -2.38. The third kappa shape index (κ3) is 6.25. The zero-order valence-electron chi connectivity index (χ0n) is 21.9. The second kappa shape index (κ2) is 12.1. The number of para-hydroxylation sites is 2. The van der Waals surface area contributed by atoms with Crippen molar-refractivity contribution in [2.45, 2.75) is 45.7 Å². The Balaban J connectivity index is 1.51. The van der Waals surface area contributed by atoms with Crippen LogP contribution in [0, 0.1) is 6.92 Å². The van der Waals surface area contributed by atoms with Gasteiger partial charge in [-0.05, 0) is 68.0 Å². The van der Waals surface area contributed by atoms with Crippen LogP contribution in [0.3, 0.4) is 0 Å². The Bertz CT molecular complexity index is 1210. The monoisotopic (exact) mass is 521 g/mol. The highest BCUT2D eigenvalue weighted by molar-refractivity contribution is 7.10. The van der Waals surface area contributed by atoms with Crippen molar-refractivity contribution in [3.8, 4) is 11.5 Å². The number of benzene rings is 2. The van der Waals surface area contributed by atoms with Gasteiger partial charge in [-0.3, -0.25) is 4.79 Å². The lowest BCUT2D eigenvalue weighted by atomic mass is 10.00. The number of aryl methyl sites for hydroxylation is 1. The summed E-state index contributed by atoms with van der Waals surface area (Å²) in [5.41, 5.74) is 2.94. The Kier molecular flexibility index (Phi) is 8.71. The van der Waals surface area contributed by atoms with Crippen LogP contribution in [-0.4, -0.2) is 54.6 Å². The largest absolute Gasteiger partial charge is 0.493 e. The average molecular weight is 522 g/mol. The topological polar surface area (TPSA) is 71.1 Å². The minimum atomic E-state index is -0.276. The second-order valence-electron chi connectivity index (χ2n) is 9.30. The van der Waals surface area contributed by atoms with E-state index in [0.717, 1.165) is 24.0 Å². The molecular weight excluding hydrogens is 486 g/mol. The fraction of sp³-hybridized carbons (Fsp3) is 0.379. The number of amides is 3. The van der Waals surface area contributed by atoms with Gasteiger partial charge in [-0.2, -0.15) is 0 Å². The van der Waals surface area contributed by atoms with Crippen molar-refractivity contribution >= 4 is 29.0 Å². The van der Waals surface area contributed by atoms with E-state index in [0.29, 0.717) is 30.3 Å². The molecule has 2 aromatic carbocycles. The summed E-state index contributed by atoms with van der Waals surface area (Å²) < 4.78 is 11.6. The van der Waals surface area contributed by atoms with Crippen LogP contribution in [0.5, 0.6) is 11.5 Å². The highest BCUT2D eigenvalue weighted by Gasteiger charge is 2.34. The molecule has 2 atom stereocenters. The van der Waals surface area contributed by atoms with Gasteiger partial charge in [0, 0.05) is 23.2 Å². The molecule has 0 fully saturated rings. The molecule has 37 heavy (non-hydrogen) atoms. The number of carbonyl (C=O) groups is 2. The van der Waals surface area contributed by atoms with Crippen molar-refractivity contribution in [2.24, 2.45) is 0 Å². The summed E-state index contributed by atoms with van der Waals surface area (Å²) >= 11 is 1.71. The van der Waals surface area contributed by atoms with Gasteiger partial charge in [0.1, 0.15) is 13.2 Å². The first kappa shape index (κ1) is 26.5. The summed E-state index contributed by atoms with van der Waals surface area (Å²) in [7, 11) is 1.61. The predicted octanol–water partition coefficient (Wildman–Crippen LogP) is 5.90. The van der Waals surface area contributed by atoms with Gasteiger partial charge in [0.2, 0.25) is 5.91 Å². The molecule has 0 saturated heterocycles. The molecule has 0 saturated carbocycles. The maximum Gasteiger partial charge on any atom is 0.322 e. The number of ether oxygens (including phenoxy) is 2. The molecule has 196 valence electrons. The third-order valence-electron chi connectivity index (χ3n) is 6.87. The smallest absolute Gasteiger partial charge is 0.322 e. The molecule has 0 radical (unpaired) electrons. The fourth-order valence-corrected chi connectivity index (χ4v) is 5.43. The highest BCUT2D eigenvalue weighted by atomic mass is 32.1. The minimum Gasteiger partial charge on any atom is -0.493 e. The number of urea groups is 1. The van der Waals surface area contributed by atoms with Crippen molar-refractivity contribution in [3.05, 3.63) is 76.0 Å². The third-order valence-corrected chi connectivity index (χ3v) is 7.87. The van der Waals surface area contributed by atoms with E-state index in [4.69, 9.17) is 9.47 Å². The molecule has 8 heteroatoms. The summed E-state index contributed by atoms with van der Waals surface area (Å²) in [6, 6.07) is 16.6. The summed E-state index contributed by atoms with van der Waals surface area (Å²) in [6.07, 6.45) is 1.53. The standard InChI is InChI=1S/C29H35N3O4S/c1-5-21(3)32(29(34)30-22-12-10-20(2)11-13-22)18-28(33)31-16-14-27-23(15-17-37-27)24(31)19-36-26-9-7-6-8-25(26)35-4/h6-13,15,17,21,24H,5,14,16,18-19H2,1-4H3,(H,30,34)/t21-,24-/m0/s1. The van der Waals surface area contributed by atoms with Crippen molar-refractivity contribution in [1.82, 2.24) is 9.80 Å². The Hall–Kier alpha value is -3.52. The van der Waals surface area contributed by atoms with E-state index in [1.165, 1.54) is 4.88 Å². The van der Waals surface area contributed by atoms with Crippen LogP contribution in [-0.2, 0) is 11.2 Å². The molecule has 0 aliphatic carbocycles. The molecule has 0 spiro atoms. The van der Waals surface area contributed by atoms with E-state index >= 15 is 0 Å². The Labute approximate surface area is 223 Å². The van der Waals surface area contributed by atoms with Gasteiger partial charge >= 0.3 is 6.03 Å². The van der Waals surface area contributed by atoms with Gasteiger partial charge in [-0.1, -0.05) is 36.8 Å². The summed E-state index contributed by atoms with van der Waals surface area (Å²) in [6.45, 7) is 6.87. The number of nitrogens with one attached hydrogen (secondary N) is 1. The number of methoxy groups -OCH3 is 1. The number of thiophene rings is 1. The maximum atomic E-state index is 13.7. The normalized spacial score (nSPS) is 15.5. The zero-order chi connectivity index (χ0) is 26.4. The highest BCUT2D eigenvalue weighted by Crippen LogP contribution is 2.35. The van der Waals surface area contributed by atoms with Crippen LogP contribution in [0.1, 0.15) is 42.3 Å². The summed E-state index contributed by atoms with van der Waals surface area (Å²) in [5, 5.41) is 5.02. The molecule has 1 N–H and O–H groups in total. The molecule has 1 aliphatic rings. The molecule has 0 unspecified atom stereocenters. The second-order valence-corrected chi connectivity index (χ2v) is 10.3. The van der Waals surface area contributed by atoms with E-state index in [2.05, 4.69) is 16.8 Å². The van der Waals surface area contributed by atoms with Gasteiger partial charge in [0.05, 0.1) is 13.2 Å². The number of hydrogen-bond acceptors (Lipinski definition) is 5. The lowest BCUT2D eigenvalue weighted by Crippen LogP contribution is -2.50. The Morgan fingerprint density at radius 2 is 1.86 bits per heavy atom. The molecule has 4 rings (SSSR count). The van der Waals surface area contributed by atoms with Crippen molar-refractivity contribution < 1.29 is 19.1 Å². The Morgan fingerprint density at radius 3 is 2.57 bits per heavy atom. The zero-order valence-corrected chi connectivity index (χ0v) is 22.7. The SMILES string of the molecule is CC[C@H](C)N(CC(=O)N1CCc2sccc2[C@@H]1COc1ccccc1OC)C(=O)Nc1ccc(C)cc1. The number of fused-ring (bicyclic) bond motifs is 1. The lowest BCUT2D eigenvalue weighted by molar-refractivity contribution is -0.135. The first-order chi connectivity index (χ1) is 17.9. The van der Waals surface area contributed by atoms with Crippen LogP contribution in [0.4, 0.5) is 10.5 Å². The number of nitrogens with zero attached hydrogens (tertiary/aromatic N) is 2. The van der Waals surface area contributed by atoms with E-state index < -0.39 is 0 Å². The Morgan fingerprint density at radius 1 is 1.14 bits per heavy atom. The average Bonchev–Trinajstić information content (AvgIpc) is 3.40. The molecule has 2 heterocycles. The first-order valence-electron chi connectivity index (χ1n) is 12.7. The van der Waals surface area contributed by atoms with E-state index in [1.54, 1.807) is 23.3 Å². The van der Waals surface area contributed by atoms with Gasteiger partial charge in [-0.15, -0.1) is 11.3 Å². The minimum absolute atomic E-state index is 0.00265. The van der Waals surface area contributed by atoms with Gasteiger partial charge in [0.25, 0.3) is 0 Å². The molecule has 1 aliphatic heterocycles. The van der Waals surface area contributed by atoms with Crippen molar-refractivity contribution in [1.29, 1.82) is 0 Å². The van der Waals surface area contributed by atoms with Gasteiger partial charge in [0.15, 0.2) is 11.5 Å². The fourth-order valence-electron chi connectivity index (χ4n) is 4.50. The quantitative estimate of drug-likeness (QED) is 0.380. The summed E-state index contributed by atoms with van der Waals surface area (Å²) in [4.78, 5) is 31.7. The van der Waals surface area contributed by atoms with E-state index in [9.17, 15) is 9.59 Å². The predicted molar refractivity (Wildman–Crippen MR) is 148 cm³/mol. The molecular formula is C29H35N3O4S. The molecule has 1 aromatic heterocycles. The van der Waals surface area contributed by atoms with Crippen LogP contribution < -0.4 is 14.8 Å². The first-order valence-corrected chi connectivity index (χ1v) is 13.5. The number of anilines is 1. The molecule has 3 amide bonds. The summed E-state index contributed by atoms with van der Waals surface area (Å²) in [5.74, 6) is 1.20. The van der Waals surface area contributed by atoms with Crippen LogP contribution in [0.25, 0.3) is 0 Å². The van der Waals surface area contributed by atoms with E-state index in [1.807, 2.05) is 74.2 Å². The van der Waals surface area contributed by atoms with Crippen LogP contribution >= 0.6 is 11.3 Å². The van der Waals surface area contributed by atoms with Gasteiger partial charge < -0.3 is 24.6 Å². The molecule has 7 nitrogen and oxygen atoms in total. The number of carbonyl (C=O) groups excluding carboxylic acids is 2. The number of rotatable bonds is 9. The van der Waals surface area contributed by atoms with Crippen LogP contribution in [0.15, 0.2) is 60.0 Å². The molecule has 0 bridgehead atoms. The van der Waals surface area contributed by atoms with Gasteiger partial charge in [-0.25, -0.2) is 4.79 Å². The number of hydrogen-bond donors (Lipinski definition) is 1. The van der Waals surface area contributed by atoms with Crippen molar-refractivity contribution in [3.63, 3.8) is 0 Å².